The predicted octanol–water partition coefficient (Wildman–Crippen LogP) is 4.86. The molecule has 0 saturated heterocycles. The monoisotopic (exact) mass is 435 g/mol. The van der Waals surface area contributed by atoms with Crippen molar-refractivity contribution < 1.29 is 14.8 Å². The standard InChI is InChI=1S/C24H41N3O4/c1-2-3-4-5-6-7-8-9-10-11-12-15-18-25-24(29)22(20-28)26-19-21-16-13-14-17-23(21)27(30)31/h13-14,16-17,22,26,28H,2-12,15,18-20H2,1H3,(H,25,29). The number of hydrogen-bond acceptors (Lipinski definition) is 5. The molecule has 31 heavy (non-hydrogen) atoms. The lowest BCUT2D eigenvalue weighted by Gasteiger charge is -2.16. The minimum atomic E-state index is -0.780. The van der Waals surface area contributed by atoms with Gasteiger partial charge in [0, 0.05) is 24.7 Å². The zero-order valence-electron chi connectivity index (χ0n) is 19.1. The number of rotatable bonds is 19. The van der Waals surface area contributed by atoms with Gasteiger partial charge in [-0.2, -0.15) is 0 Å². The van der Waals surface area contributed by atoms with E-state index in [2.05, 4.69) is 17.6 Å². The first kappa shape index (κ1) is 27.0. The largest absolute Gasteiger partial charge is 0.394 e. The van der Waals surface area contributed by atoms with Crippen molar-refractivity contribution >= 4 is 11.6 Å². The maximum atomic E-state index is 12.2. The van der Waals surface area contributed by atoms with Crippen molar-refractivity contribution in [3.63, 3.8) is 0 Å². The number of nitrogens with zero attached hydrogens (tertiary/aromatic N) is 1. The van der Waals surface area contributed by atoms with Gasteiger partial charge in [-0.05, 0) is 6.42 Å². The Bertz CT molecular complexity index is 625. The molecule has 0 aliphatic rings. The molecule has 3 N–H and O–H groups in total. The Morgan fingerprint density at radius 1 is 0.968 bits per heavy atom. The van der Waals surface area contributed by atoms with Crippen molar-refractivity contribution in [1.82, 2.24) is 10.6 Å². The van der Waals surface area contributed by atoms with Gasteiger partial charge in [0.25, 0.3) is 5.69 Å². The average Bonchev–Trinajstić information content (AvgIpc) is 2.77. The number of benzene rings is 1. The van der Waals surface area contributed by atoms with Gasteiger partial charge in [-0.15, -0.1) is 0 Å². The molecule has 176 valence electrons. The van der Waals surface area contributed by atoms with Crippen LogP contribution in [0.4, 0.5) is 5.69 Å². The normalized spacial score (nSPS) is 11.9. The molecular formula is C24H41N3O4. The van der Waals surface area contributed by atoms with Crippen LogP contribution in [0.25, 0.3) is 0 Å². The van der Waals surface area contributed by atoms with Crippen molar-refractivity contribution in [2.45, 2.75) is 96.6 Å². The van der Waals surface area contributed by atoms with Gasteiger partial charge in [-0.1, -0.05) is 95.8 Å². The molecule has 0 saturated carbocycles. The molecule has 0 heterocycles. The van der Waals surface area contributed by atoms with E-state index in [1.807, 2.05) is 0 Å². The molecule has 0 aliphatic carbocycles. The van der Waals surface area contributed by atoms with Gasteiger partial charge in [0.05, 0.1) is 11.5 Å². The lowest BCUT2D eigenvalue weighted by atomic mass is 10.1. The summed E-state index contributed by atoms with van der Waals surface area (Å²) in [4.78, 5) is 22.9. The number of unbranched alkanes of at least 4 members (excludes halogenated alkanes) is 11. The second-order valence-corrected chi connectivity index (χ2v) is 8.18. The van der Waals surface area contributed by atoms with Gasteiger partial charge in [0.2, 0.25) is 5.91 Å². The van der Waals surface area contributed by atoms with Crippen LogP contribution in [-0.4, -0.2) is 35.1 Å². The number of carbonyl (C=O) groups is 1. The van der Waals surface area contributed by atoms with Crippen molar-refractivity contribution in [3.05, 3.63) is 39.9 Å². The van der Waals surface area contributed by atoms with Crippen LogP contribution in [0.3, 0.4) is 0 Å². The van der Waals surface area contributed by atoms with Crippen LogP contribution in [0, 0.1) is 10.1 Å². The molecule has 0 radical (unpaired) electrons. The van der Waals surface area contributed by atoms with E-state index < -0.39 is 11.0 Å². The Kier molecular flexibility index (Phi) is 15.4. The molecule has 1 unspecified atom stereocenters. The summed E-state index contributed by atoms with van der Waals surface area (Å²) in [5, 5.41) is 26.3. The Morgan fingerprint density at radius 3 is 2.06 bits per heavy atom. The number of aliphatic hydroxyl groups excluding tert-OH is 1. The Morgan fingerprint density at radius 2 is 1.52 bits per heavy atom. The van der Waals surface area contributed by atoms with Crippen LogP contribution in [0.15, 0.2) is 24.3 Å². The van der Waals surface area contributed by atoms with Crippen molar-refractivity contribution in [2.75, 3.05) is 13.2 Å². The molecule has 0 bridgehead atoms. The van der Waals surface area contributed by atoms with Crippen LogP contribution in [0.1, 0.15) is 89.5 Å². The van der Waals surface area contributed by atoms with Crippen LogP contribution in [0.5, 0.6) is 0 Å². The number of nitrogens with one attached hydrogen (secondary N) is 2. The predicted molar refractivity (Wildman–Crippen MR) is 125 cm³/mol. The number of amides is 1. The molecule has 1 aromatic rings. The minimum Gasteiger partial charge on any atom is -0.394 e. The van der Waals surface area contributed by atoms with E-state index in [0.29, 0.717) is 12.1 Å². The number of aliphatic hydroxyl groups is 1. The summed E-state index contributed by atoms with van der Waals surface area (Å²) in [7, 11) is 0. The SMILES string of the molecule is CCCCCCCCCCCCCCNC(=O)C(CO)NCc1ccccc1[N+](=O)[O-]. The maximum absolute atomic E-state index is 12.2. The Hall–Kier alpha value is -1.99. The van der Waals surface area contributed by atoms with Gasteiger partial charge in [0.15, 0.2) is 0 Å². The summed E-state index contributed by atoms with van der Waals surface area (Å²) in [6.07, 6.45) is 15.2. The topological polar surface area (TPSA) is 104 Å². The van der Waals surface area contributed by atoms with Gasteiger partial charge in [-0.25, -0.2) is 0 Å². The van der Waals surface area contributed by atoms with E-state index in [-0.39, 0.29) is 24.7 Å². The highest BCUT2D eigenvalue weighted by Crippen LogP contribution is 2.17. The summed E-state index contributed by atoms with van der Waals surface area (Å²) in [6, 6.07) is 5.61. The summed E-state index contributed by atoms with van der Waals surface area (Å²) in [5.41, 5.74) is 0.489. The third kappa shape index (κ3) is 12.5. The van der Waals surface area contributed by atoms with Crippen molar-refractivity contribution in [1.29, 1.82) is 0 Å². The molecule has 7 nitrogen and oxygen atoms in total. The third-order valence-electron chi connectivity index (χ3n) is 5.56. The van der Waals surface area contributed by atoms with Gasteiger partial charge in [0.1, 0.15) is 6.04 Å². The number of carbonyl (C=O) groups excluding carboxylic acids is 1. The fraction of sp³-hybridized carbons (Fsp3) is 0.708. The lowest BCUT2D eigenvalue weighted by Crippen LogP contribution is -2.46. The minimum absolute atomic E-state index is 0.00333. The van der Waals surface area contributed by atoms with Crippen LogP contribution < -0.4 is 10.6 Å². The summed E-state index contributed by atoms with van der Waals surface area (Å²) < 4.78 is 0. The molecular weight excluding hydrogens is 394 g/mol. The highest BCUT2D eigenvalue weighted by atomic mass is 16.6. The van der Waals surface area contributed by atoms with Crippen LogP contribution in [0.2, 0.25) is 0 Å². The molecule has 7 heteroatoms. The molecule has 1 rings (SSSR count). The van der Waals surface area contributed by atoms with Crippen LogP contribution in [-0.2, 0) is 11.3 Å². The lowest BCUT2D eigenvalue weighted by molar-refractivity contribution is -0.385. The van der Waals surface area contributed by atoms with Crippen molar-refractivity contribution in [3.8, 4) is 0 Å². The van der Waals surface area contributed by atoms with E-state index in [0.717, 1.165) is 12.8 Å². The van der Waals surface area contributed by atoms with E-state index in [1.54, 1.807) is 18.2 Å². The van der Waals surface area contributed by atoms with Gasteiger partial charge >= 0.3 is 0 Å². The fourth-order valence-electron chi connectivity index (χ4n) is 3.61. The highest BCUT2D eigenvalue weighted by molar-refractivity contribution is 5.81. The first-order valence-corrected chi connectivity index (χ1v) is 11.9. The molecule has 1 amide bonds. The zero-order chi connectivity index (χ0) is 22.7. The molecule has 0 aromatic heterocycles. The molecule has 1 atom stereocenters. The molecule has 0 aliphatic heterocycles. The molecule has 1 aromatic carbocycles. The average molecular weight is 436 g/mol. The molecule has 0 fully saturated rings. The van der Waals surface area contributed by atoms with E-state index in [4.69, 9.17) is 0 Å². The number of nitro benzene ring substituents is 1. The van der Waals surface area contributed by atoms with E-state index >= 15 is 0 Å². The van der Waals surface area contributed by atoms with Gasteiger partial charge in [-0.3, -0.25) is 20.2 Å². The second kappa shape index (κ2) is 17.7. The number of nitro groups is 1. The van der Waals surface area contributed by atoms with Gasteiger partial charge < -0.3 is 10.4 Å². The van der Waals surface area contributed by atoms with E-state index in [9.17, 15) is 20.0 Å². The smallest absolute Gasteiger partial charge is 0.273 e. The first-order chi connectivity index (χ1) is 15.1. The third-order valence-corrected chi connectivity index (χ3v) is 5.56. The first-order valence-electron chi connectivity index (χ1n) is 11.9. The quantitative estimate of drug-likeness (QED) is 0.163. The van der Waals surface area contributed by atoms with Crippen LogP contribution >= 0.6 is 0 Å². The number of hydrogen-bond donors (Lipinski definition) is 3. The second-order valence-electron chi connectivity index (χ2n) is 8.18. The van der Waals surface area contributed by atoms with Crippen molar-refractivity contribution in [2.24, 2.45) is 0 Å². The Labute approximate surface area is 187 Å². The number of para-hydroxylation sites is 1. The summed E-state index contributed by atoms with van der Waals surface area (Å²) >= 11 is 0. The zero-order valence-corrected chi connectivity index (χ0v) is 19.1. The maximum Gasteiger partial charge on any atom is 0.273 e. The summed E-state index contributed by atoms with van der Waals surface area (Å²) in [6.45, 7) is 2.62. The highest BCUT2D eigenvalue weighted by Gasteiger charge is 2.19. The fourth-order valence-corrected chi connectivity index (χ4v) is 3.61. The Balaban J connectivity index is 2.09. The molecule has 0 spiro atoms. The summed E-state index contributed by atoms with van der Waals surface area (Å²) in [5.74, 6) is -0.274. The van der Waals surface area contributed by atoms with E-state index in [1.165, 1.54) is 70.3 Å².